The smallest absolute Gasteiger partial charge is 0.222 e. The molecule has 0 amide bonds. The second-order valence-corrected chi connectivity index (χ2v) is 6.81. The van der Waals surface area contributed by atoms with Gasteiger partial charge in [0.1, 0.15) is 5.82 Å². The molecule has 0 spiro atoms. The highest BCUT2D eigenvalue weighted by Gasteiger charge is 2.34. The zero-order chi connectivity index (χ0) is 18.4. The van der Waals surface area contributed by atoms with Gasteiger partial charge in [-0.15, -0.1) is 0 Å². The number of nitrogen functional groups attached to an aromatic ring is 1. The fourth-order valence-electron chi connectivity index (χ4n) is 3.94. The summed E-state index contributed by atoms with van der Waals surface area (Å²) in [6.45, 7) is 3.29. The number of aromatic nitrogens is 2. The molecule has 2 N–H and O–H groups in total. The van der Waals surface area contributed by atoms with Crippen LogP contribution in [0, 0.1) is 0 Å². The number of benzene rings is 2. The van der Waals surface area contributed by atoms with E-state index in [9.17, 15) is 4.79 Å². The molecular formula is C21H19N5O. The Morgan fingerprint density at radius 2 is 1.41 bits per heavy atom. The molecular weight excluding hydrogens is 338 g/mol. The fourth-order valence-corrected chi connectivity index (χ4v) is 3.94. The Morgan fingerprint density at radius 1 is 0.778 bits per heavy atom. The topological polar surface area (TPSA) is 75.3 Å². The molecule has 2 heterocycles. The van der Waals surface area contributed by atoms with Gasteiger partial charge in [-0.05, 0) is 12.1 Å². The molecule has 0 saturated carbocycles. The number of carbonyl (C=O) groups is 1. The van der Waals surface area contributed by atoms with E-state index in [1.165, 1.54) is 5.69 Å². The Balaban J connectivity index is 1.48. The lowest BCUT2D eigenvalue weighted by Gasteiger charge is -2.37. The third kappa shape index (κ3) is 2.52. The van der Waals surface area contributed by atoms with Crippen LogP contribution >= 0.6 is 0 Å². The van der Waals surface area contributed by atoms with Crippen molar-refractivity contribution in [1.82, 2.24) is 9.97 Å². The highest BCUT2D eigenvalue weighted by molar-refractivity contribution is 6.23. The van der Waals surface area contributed by atoms with Crippen LogP contribution in [0.15, 0.2) is 54.6 Å². The van der Waals surface area contributed by atoms with Gasteiger partial charge in [-0.25, -0.2) is 4.98 Å². The standard InChI is InChI=1S/C21H19N5O/c22-21-23-18-15-8-4-5-9-16(15)19(27)17(18)20(24-21)26-12-10-25(11-13-26)14-6-2-1-3-7-14/h1-9H,10-13H2,(H2,22,23,24). The quantitative estimate of drug-likeness (QED) is 0.594. The zero-order valence-electron chi connectivity index (χ0n) is 14.8. The minimum atomic E-state index is -0.0129. The van der Waals surface area contributed by atoms with Crippen LogP contribution in [0.1, 0.15) is 15.9 Å². The Labute approximate surface area is 157 Å². The first-order chi connectivity index (χ1) is 13.2. The van der Waals surface area contributed by atoms with Crippen LogP contribution in [0.25, 0.3) is 11.3 Å². The molecule has 6 heteroatoms. The molecule has 2 aromatic carbocycles. The van der Waals surface area contributed by atoms with E-state index in [1.807, 2.05) is 30.3 Å². The van der Waals surface area contributed by atoms with Crippen molar-refractivity contribution in [2.45, 2.75) is 0 Å². The van der Waals surface area contributed by atoms with E-state index in [2.05, 4.69) is 44.0 Å². The molecule has 1 aliphatic carbocycles. The zero-order valence-corrected chi connectivity index (χ0v) is 14.8. The average Bonchev–Trinajstić information content (AvgIpc) is 3.01. The molecule has 1 aliphatic heterocycles. The molecule has 27 heavy (non-hydrogen) atoms. The summed E-state index contributed by atoms with van der Waals surface area (Å²) in [5.74, 6) is 0.853. The number of hydrogen-bond acceptors (Lipinski definition) is 6. The van der Waals surface area contributed by atoms with Crippen LogP contribution in [-0.4, -0.2) is 41.9 Å². The summed E-state index contributed by atoms with van der Waals surface area (Å²) < 4.78 is 0. The van der Waals surface area contributed by atoms with E-state index >= 15 is 0 Å². The summed E-state index contributed by atoms with van der Waals surface area (Å²) in [7, 11) is 0. The normalized spacial score (nSPS) is 15.6. The number of ketones is 1. The van der Waals surface area contributed by atoms with Crippen molar-refractivity contribution >= 4 is 23.2 Å². The first-order valence-electron chi connectivity index (χ1n) is 9.09. The molecule has 0 bridgehead atoms. The van der Waals surface area contributed by atoms with Crippen LogP contribution in [0.3, 0.4) is 0 Å². The van der Waals surface area contributed by atoms with Crippen molar-refractivity contribution in [2.75, 3.05) is 41.7 Å². The third-order valence-corrected chi connectivity index (χ3v) is 5.26. The number of anilines is 3. The van der Waals surface area contributed by atoms with Crippen LogP contribution in [0.2, 0.25) is 0 Å². The molecule has 5 rings (SSSR count). The highest BCUT2D eigenvalue weighted by atomic mass is 16.1. The molecule has 0 unspecified atom stereocenters. The maximum Gasteiger partial charge on any atom is 0.222 e. The van der Waals surface area contributed by atoms with Gasteiger partial charge in [0.15, 0.2) is 5.78 Å². The van der Waals surface area contributed by atoms with Gasteiger partial charge in [0, 0.05) is 43.0 Å². The van der Waals surface area contributed by atoms with E-state index in [-0.39, 0.29) is 11.7 Å². The van der Waals surface area contributed by atoms with Gasteiger partial charge in [0.05, 0.1) is 11.3 Å². The average molecular weight is 357 g/mol. The SMILES string of the molecule is Nc1nc2c(c(N3CCN(c4ccccc4)CC3)n1)C(=O)c1ccccc1-2. The van der Waals surface area contributed by atoms with Crippen molar-refractivity contribution in [3.63, 3.8) is 0 Å². The van der Waals surface area contributed by atoms with E-state index in [0.29, 0.717) is 22.6 Å². The maximum absolute atomic E-state index is 13.0. The summed E-state index contributed by atoms with van der Waals surface area (Å²) in [4.78, 5) is 26.3. The molecule has 134 valence electrons. The van der Waals surface area contributed by atoms with Gasteiger partial charge in [-0.3, -0.25) is 4.79 Å². The Kier molecular flexibility index (Phi) is 3.57. The van der Waals surface area contributed by atoms with E-state index in [0.717, 1.165) is 31.7 Å². The molecule has 0 radical (unpaired) electrons. The summed E-state index contributed by atoms with van der Waals surface area (Å²) in [5, 5.41) is 0. The predicted octanol–water partition coefficient (Wildman–Crippen LogP) is 2.60. The van der Waals surface area contributed by atoms with Crippen molar-refractivity contribution < 1.29 is 4.79 Å². The van der Waals surface area contributed by atoms with Gasteiger partial charge < -0.3 is 15.5 Å². The molecule has 0 atom stereocenters. The number of rotatable bonds is 2. The minimum absolute atomic E-state index is 0.0129. The molecule has 1 aromatic heterocycles. The van der Waals surface area contributed by atoms with Crippen LogP contribution in [0.4, 0.5) is 17.5 Å². The highest BCUT2D eigenvalue weighted by Crippen LogP contribution is 2.39. The lowest BCUT2D eigenvalue weighted by Crippen LogP contribution is -2.47. The van der Waals surface area contributed by atoms with Crippen molar-refractivity contribution in [2.24, 2.45) is 0 Å². The number of hydrogen-bond donors (Lipinski definition) is 1. The molecule has 1 saturated heterocycles. The third-order valence-electron chi connectivity index (χ3n) is 5.26. The van der Waals surface area contributed by atoms with Crippen molar-refractivity contribution in [3.8, 4) is 11.3 Å². The molecule has 1 fully saturated rings. The van der Waals surface area contributed by atoms with Crippen LogP contribution < -0.4 is 15.5 Å². The van der Waals surface area contributed by atoms with E-state index in [4.69, 9.17) is 5.73 Å². The van der Waals surface area contributed by atoms with Gasteiger partial charge in [0.25, 0.3) is 0 Å². The van der Waals surface area contributed by atoms with E-state index in [1.54, 1.807) is 0 Å². The summed E-state index contributed by atoms with van der Waals surface area (Å²) in [5.41, 5.74) is 9.96. The molecule has 2 aliphatic rings. The summed E-state index contributed by atoms with van der Waals surface area (Å²) in [6.07, 6.45) is 0. The summed E-state index contributed by atoms with van der Waals surface area (Å²) in [6, 6.07) is 17.9. The van der Waals surface area contributed by atoms with Gasteiger partial charge in [0.2, 0.25) is 5.95 Å². The van der Waals surface area contributed by atoms with Gasteiger partial charge in [-0.2, -0.15) is 4.98 Å². The van der Waals surface area contributed by atoms with Crippen molar-refractivity contribution in [3.05, 3.63) is 65.7 Å². The van der Waals surface area contributed by atoms with Crippen LogP contribution in [0.5, 0.6) is 0 Å². The fraction of sp³-hybridized carbons (Fsp3) is 0.190. The van der Waals surface area contributed by atoms with Gasteiger partial charge in [-0.1, -0.05) is 42.5 Å². The second kappa shape index (κ2) is 6.09. The Hall–Kier alpha value is -3.41. The lowest BCUT2D eigenvalue weighted by molar-refractivity contribution is 0.104. The Morgan fingerprint density at radius 3 is 2.15 bits per heavy atom. The monoisotopic (exact) mass is 357 g/mol. The minimum Gasteiger partial charge on any atom is -0.368 e. The first-order valence-corrected chi connectivity index (χ1v) is 9.09. The van der Waals surface area contributed by atoms with Crippen LogP contribution in [-0.2, 0) is 0 Å². The molecule has 6 nitrogen and oxygen atoms in total. The number of piperazine rings is 1. The number of carbonyl (C=O) groups excluding carboxylic acids is 1. The number of fused-ring (bicyclic) bond motifs is 3. The number of nitrogens with zero attached hydrogens (tertiary/aromatic N) is 4. The lowest BCUT2D eigenvalue weighted by atomic mass is 10.1. The van der Waals surface area contributed by atoms with Gasteiger partial charge >= 0.3 is 0 Å². The second-order valence-electron chi connectivity index (χ2n) is 6.81. The first kappa shape index (κ1) is 15.8. The largest absolute Gasteiger partial charge is 0.368 e. The number of para-hydroxylation sites is 1. The van der Waals surface area contributed by atoms with Crippen molar-refractivity contribution in [1.29, 1.82) is 0 Å². The maximum atomic E-state index is 13.0. The van der Waals surface area contributed by atoms with E-state index < -0.39 is 0 Å². The number of nitrogens with two attached hydrogens (primary N) is 1. The Bertz CT molecular complexity index is 1030. The predicted molar refractivity (Wildman–Crippen MR) is 106 cm³/mol. The molecule has 3 aromatic rings. The summed E-state index contributed by atoms with van der Waals surface area (Å²) >= 11 is 0.